The van der Waals surface area contributed by atoms with Gasteiger partial charge < -0.3 is 20.3 Å². The number of nitrogens with one attached hydrogen (secondary N) is 1. The van der Waals surface area contributed by atoms with E-state index in [1.807, 2.05) is 12.1 Å². The van der Waals surface area contributed by atoms with E-state index < -0.39 is 6.10 Å². The third kappa shape index (κ3) is 5.49. The van der Waals surface area contributed by atoms with Crippen LogP contribution >= 0.6 is 0 Å². The number of aliphatic hydroxyl groups is 2. The molecule has 0 saturated heterocycles. The van der Waals surface area contributed by atoms with E-state index in [4.69, 9.17) is 9.84 Å². The first kappa shape index (κ1) is 15.0. The minimum absolute atomic E-state index is 0.0577. The molecule has 0 saturated carbocycles. The fourth-order valence-electron chi connectivity index (χ4n) is 1.56. The molecule has 0 aliphatic heterocycles. The van der Waals surface area contributed by atoms with E-state index in [2.05, 4.69) is 19.2 Å². The van der Waals surface area contributed by atoms with Crippen molar-refractivity contribution in [2.75, 3.05) is 19.7 Å². The van der Waals surface area contributed by atoms with E-state index >= 15 is 0 Å². The predicted molar refractivity (Wildman–Crippen MR) is 71.6 cm³/mol. The summed E-state index contributed by atoms with van der Waals surface area (Å²) in [5, 5.41) is 22.0. The zero-order chi connectivity index (χ0) is 13.4. The maximum Gasteiger partial charge on any atom is 0.124 e. The number of ether oxygens (including phenoxy) is 1. The predicted octanol–water partition coefficient (Wildman–Crippen LogP) is 1.16. The van der Waals surface area contributed by atoms with Gasteiger partial charge in [0.15, 0.2) is 0 Å². The molecule has 1 aromatic rings. The first-order valence-electron chi connectivity index (χ1n) is 6.33. The van der Waals surface area contributed by atoms with Crippen molar-refractivity contribution in [1.29, 1.82) is 0 Å². The third-order valence-corrected chi connectivity index (χ3v) is 2.51. The summed E-state index contributed by atoms with van der Waals surface area (Å²) < 4.78 is 5.50. The van der Waals surface area contributed by atoms with Crippen molar-refractivity contribution in [1.82, 2.24) is 5.32 Å². The van der Waals surface area contributed by atoms with Crippen LogP contribution in [0.1, 0.15) is 19.4 Å². The van der Waals surface area contributed by atoms with Gasteiger partial charge in [-0.1, -0.05) is 32.0 Å². The van der Waals surface area contributed by atoms with Gasteiger partial charge in [0, 0.05) is 12.1 Å². The minimum atomic E-state index is -0.546. The Morgan fingerprint density at radius 1 is 1.22 bits per heavy atom. The lowest BCUT2D eigenvalue weighted by atomic mass is 10.2. The van der Waals surface area contributed by atoms with Crippen molar-refractivity contribution in [2.45, 2.75) is 26.6 Å². The molecule has 0 aromatic heterocycles. The Morgan fingerprint density at radius 2 is 1.94 bits per heavy atom. The van der Waals surface area contributed by atoms with Gasteiger partial charge in [-0.3, -0.25) is 0 Å². The van der Waals surface area contributed by atoms with Crippen molar-refractivity contribution < 1.29 is 14.9 Å². The summed E-state index contributed by atoms with van der Waals surface area (Å²) in [6.07, 6.45) is -0.546. The Bertz CT molecular complexity index is 342. The average Bonchev–Trinajstić information content (AvgIpc) is 2.36. The maximum absolute atomic E-state index is 9.74. The Kier molecular flexibility index (Phi) is 6.72. The van der Waals surface area contributed by atoms with Gasteiger partial charge in [0.05, 0.1) is 6.61 Å². The summed E-state index contributed by atoms with van der Waals surface area (Å²) in [6, 6.07) is 7.29. The summed E-state index contributed by atoms with van der Waals surface area (Å²) in [5.41, 5.74) is 0.736. The molecule has 1 rings (SSSR count). The number of aliphatic hydroxyl groups excluding tert-OH is 2. The monoisotopic (exact) mass is 253 g/mol. The number of rotatable bonds is 8. The standard InChI is InChI=1S/C14H23NO3/c1-11(2)7-15-8-13(17)10-18-14-6-4-3-5-12(14)9-16/h3-6,11,13,15-17H,7-10H2,1-2H3. The third-order valence-electron chi connectivity index (χ3n) is 2.51. The Morgan fingerprint density at radius 3 is 2.61 bits per heavy atom. The van der Waals surface area contributed by atoms with Gasteiger partial charge in [-0.05, 0) is 18.5 Å². The molecule has 1 atom stereocenters. The molecule has 3 N–H and O–H groups in total. The van der Waals surface area contributed by atoms with Crippen LogP contribution in [0.4, 0.5) is 0 Å². The molecule has 4 heteroatoms. The van der Waals surface area contributed by atoms with Gasteiger partial charge in [0.1, 0.15) is 18.5 Å². The van der Waals surface area contributed by atoms with Gasteiger partial charge in [-0.15, -0.1) is 0 Å². The van der Waals surface area contributed by atoms with Crippen LogP contribution in [0.5, 0.6) is 5.75 Å². The van der Waals surface area contributed by atoms with Crippen LogP contribution in [-0.4, -0.2) is 36.0 Å². The Labute approximate surface area is 109 Å². The fourth-order valence-corrected chi connectivity index (χ4v) is 1.56. The number of para-hydroxylation sites is 1. The van der Waals surface area contributed by atoms with E-state index in [0.717, 1.165) is 12.1 Å². The lowest BCUT2D eigenvalue weighted by Crippen LogP contribution is -2.33. The van der Waals surface area contributed by atoms with Gasteiger partial charge in [0.2, 0.25) is 0 Å². The Balaban J connectivity index is 2.31. The summed E-state index contributed by atoms with van der Waals surface area (Å²) >= 11 is 0. The van der Waals surface area contributed by atoms with Gasteiger partial charge >= 0.3 is 0 Å². The second-order valence-corrected chi connectivity index (χ2v) is 4.78. The maximum atomic E-state index is 9.74. The molecule has 0 spiro atoms. The van der Waals surface area contributed by atoms with Gasteiger partial charge in [-0.2, -0.15) is 0 Å². The summed E-state index contributed by atoms with van der Waals surface area (Å²) in [6.45, 7) is 5.80. The average molecular weight is 253 g/mol. The molecule has 0 heterocycles. The molecule has 102 valence electrons. The number of benzene rings is 1. The lowest BCUT2D eigenvalue weighted by molar-refractivity contribution is 0.104. The molecular weight excluding hydrogens is 230 g/mol. The van der Waals surface area contributed by atoms with Crippen LogP contribution < -0.4 is 10.1 Å². The van der Waals surface area contributed by atoms with Crippen molar-refractivity contribution in [2.24, 2.45) is 5.92 Å². The number of hydrogen-bond acceptors (Lipinski definition) is 4. The molecule has 0 fully saturated rings. The highest BCUT2D eigenvalue weighted by Gasteiger charge is 2.07. The quantitative estimate of drug-likeness (QED) is 0.651. The van der Waals surface area contributed by atoms with Crippen molar-refractivity contribution in [3.63, 3.8) is 0 Å². The van der Waals surface area contributed by atoms with E-state index in [1.165, 1.54) is 0 Å². The molecule has 0 aliphatic carbocycles. The first-order valence-corrected chi connectivity index (χ1v) is 6.33. The van der Waals surface area contributed by atoms with Gasteiger partial charge in [0.25, 0.3) is 0 Å². The molecule has 0 bridgehead atoms. The van der Waals surface area contributed by atoms with E-state index in [-0.39, 0.29) is 13.2 Å². The largest absolute Gasteiger partial charge is 0.490 e. The van der Waals surface area contributed by atoms with E-state index in [1.54, 1.807) is 12.1 Å². The zero-order valence-electron chi connectivity index (χ0n) is 11.1. The highest BCUT2D eigenvalue weighted by molar-refractivity contribution is 5.32. The van der Waals surface area contributed by atoms with Crippen LogP contribution in [0, 0.1) is 5.92 Å². The zero-order valence-corrected chi connectivity index (χ0v) is 11.1. The fraction of sp³-hybridized carbons (Fsp3) is 0.571. The van der Waals surface area contributed by atoms with E-state index in [9.17, 15) is 5.11 Å². The second-order valence-electron chi connectivity index (χ2n) is 4.78. The lowest BCUT2D eigenvalue weighted by Gasteiger charge is -2.15. The number of hydrogen-bond donors (Lipinski definition) is 3. The van der Waals surface area contributed by atoms with Crippen molar-refractivity contribution >= 4 is 0 Å². The molecule has 0 amide bonds. The second kappa shape index (κ2) is 8.08. The molecule has 1 unspecified atom stereocenters. The van der Waals surface area contributed by atoms with Crippen molar-refractivity contribution in [3.05, 3.63) is 29.8 Å². The molecule has 0 radical (unpaired) electrons. The topological polar surface area (TPSA) is 61.7 Å². The van der Waals surface area contributed by atoms with Crippen LogP contribution in [0.25, 0.3) is 0 Å². The Hall–Kier alpha value is -1.10. The van der Waals surface area contributed by atoms with Crippen molar-refractivity contribution in [3.8, 4) is 5.75 Å². The summed E-state index contributed by atoms with van der Waals surface area (Å²) in [7, 11) is 0. The van der Waals surface area contributed by atoms with Crippen LogP contribution in [0.3, 0.4) is 0 Å². The van der Waals surface area contributed by atoms with Crippen LogP contribution in [0.15, 0.2) is 24.3 Å². The molecule has 4 nitrogen and oxygen atoms in total. The SMILES string of the molecule is CC(C)CNCC(O)COc1ccccc1CO. The molecule has 0 aliphatic rings. The summed E-state index contributed by atoms with van der Waals surface area (Å²) in [5.74, 6) is 1.19. The van der Waals surface area contributed by atoms with E-state index in [0.29, 0.717) is 18.2 Å². The highest BCUT2D eigenvalue weighted by atomic mass is 16.5. The highest BCUT2D eigenvalue weighted by Crippen LogP contribution is 2.17. The molecule has 1 aromatic carbocycles. The van der Waals surface area contributed by atoms with Crippen LogP contribution in [-0.2, 0) is 6.61 Å². The molecular formula is C14H23NO3. The smallest absolute Gasteiger partial charge is 0.124 e. The summed E-state index contributed by atoms with van der Waals surface area (Å²) in [4.78, 5) is 0. The normalized spacial score (nSPS) is 12.7. The minimum Gasteiger partial charge on any atom is -0.490 e. The molecule has 18 heavy (non-hydrogen) atoms. The van der Waals surface area contributed by atoms with Crippen LogP contribution in [0.2, 0.25) is 0 Å². The van der Waals surface area contributed by atoms with Gasteiger partial charge in [-0.25, -0.2) is 0 Å². The first-order chi connectivity index (χ1) is 8.63.